The molecule has 1 saturated heterocycles. The molecule has 1 aromatic rings. The zero-order chi connectivity index (χ0) is 16.3. The summed E-state index contributed by atoms with van der Waals surface area (Å²) in [4.78, 5) is 14.9. The highest BCUT2D eigenvalue weighted by Gasteiger charge is 2.44. The largest absolute Gasteiger partial charge is 0.384 e. The molecule has 0 radical (unpaired) electrons. The standard InChI is InChI=1S/C19H28N2O2/c1-15-5-3-6-17(11-15)21-10-7-16(13-21)12-20-18(22)19(14-23-2)8-4-9-19/h3,5-6,11,16H,4,7-10,12-14H2,1-2H3,(H,20,22)/t16-/m0/s1. The normalized spacial score (nSPS) is 22.7. The topological polar surface area (TPSA) is 41.6 Å². The van der Waals surface area contributed by atoms with Gasteiger partial charge in [0.25, 0.3) is 0 Å². The Morgan fingerprint density at radius 2 is 2.26 bits per heavy atom. The van der Waals surface area contributed by atoms with Crippen molar-refractivity contribution in [1.82, 2.24) is 5.32 Å². The van der Waals surface area contributed by atoms with Crippen molar-refractivity contribution in [3.05, 3.63) is 29.8 Å². The van der Waals surface area contributed by atoms with E-state index in [-0.39, 0.29) is 11.3 Å². The van der Waals surface area contributed by atoms with Crippen molar-refractivity contribution < 1.29 is 9.53 Å². The van der Waals surface area contributed by atoms with Crippen molar-refractivity contribution in [2.24, 2.45) is 11.3 Å². The van der Waals surface area contributed by atoms with Crippen molar-refractivity contribution in [1.29, 1.82) is 0 Å². The number of rotatable bonds is 6. The summed E-state index contributed by atoms with van der Waals surface area (Å²) in [5, 5.41) is 3.19. The summed E-state index contributed by atoms with van der Waals surface area (Å²) in [6.45, 7) is 5.57. The number of hydrogen-bond acceptors (Lipinski definition) is 3. The monoisotopic (exact) mass is 316 g/mol. The predicted octanol–water partition coefficient (Wildman–Crippen LogP) is 2.75. The minimum atomic E-state index is -0.246. The molecule has 4 heteroatoms. The number of nitrogens with zero attached hydrogens (tertiary/aromatic N) is 1. The Morgan fingerprint density at radius 1 is 1.43 bits per heavy atom. The average Bonchev–Trinajstić information content (AvgIpc) is 2.97. The van der Waals surface area contributed by atoms with Gasteiger partial charge in [-0.3, -0.25) is 4.79 Å². The van der Waals surface area contributed by atoms with Crippen LogP contribution in [0.2, 0.25) is 0 Å². The predicted molar refractivity (Wildman–Crippen MR) is 92.7 cm³/mol. The number of benzene rings is 1. The van der Waals surface area contributed by atoms with E-state index >= 15 is 0 Å². The van der Waals surface area contributed by atoms with Crippen LogP contribution in [-0.2, 0) is 9.53 Å². The van der Waals surface area contributed by atoms with Crippen LogP contribution in [0.25, 0.3) is 0 Å². The summed E-state index contributed by atoms with van der Waals surface area (Å²) >= 11 is 0. The number of hydrogen-bond donors (Lipinski definition) is 1. The van der Waals surface area contributed by atoms with Gasteiger partial charge in [0.1, 0.15) is 0 Å². The number of ether oxygens (including phenoxy) is 1. The Morgan fingerprint density at radius 3 is 2.91 bits per heavy atom. The van der Waals surface area contributed by atoms with E-state index in [9.17, 15) is 4.79 Å². The van der Waals surface area contributed by atoms with Gasteiger partial charge in [0.15, 0.2) is 0 Å². The maximum atomic E-state index is 12.5. The molecule has 1 aromatic carbocycles. The summed E-state index contributed by atoms with van der Waals surface area (Å²) in [7, 11) is 1.68. The molecule has 23 heavy (non-hydrogen) atoms. The van der Waals surface area contributed by atoms with Gasteiger partial charge in [-0.05, 0) is 49.8 Å². The molecule has 1 atom stereocenters. The van der Waals surface area contributed by atoms with Crippen LogP contribution in [0.15, 0.2) is 24.3 Å². The first-order chi connectivity index (χ1) is 11.1. The van der Waals surface area contributed by atoms with Crippen LogP contribution < -0.4 is 10.2 Å². The molecular formula is C19H28N2O2. The van der Waals surface area contributed by atoms with Crippen LogP contribution in [0.4, 0.5) is 5.69 Å². The molecule has 1 heterocycles. The smallest absolute Gasteiger partial charge is 0.228 e. The van der Waals surface area contributed by atoms with Crippen molar-refractivity contribution in [2.45, 2.75) is 32.6 Å². The summed E-state index contributed by atoms with van der Waals surface area (Å²) in [6, 6.07) is 8.66. The number of amides is 1. The number of carbonyl (C=O) groups excluding carboxylic acids is 1. The minimum absolute atomic E-state index is 0.194. The van der Waals surface area contributed by atoms with Gasteiger partial charge >= 0.3 is 0 Å². The summed E-state index contributed by atoms with van der Waals surface area (Å²) in [5.74, 6) is 0.735. The molecule has 1 aliphatic carbocycles. The van der Waals surface area contributed by atoms with Gasteiger partial charge in [-0.2, -0.15) is 0 Å². The second kappa shape index (κ2) is 6.91. The zero-order valence-electron chi connectivity index (χ0n) is 14.3. The fourth-order valence-corrected chi connectivity index (χ4v) is 3.80. The van der Waals surface area contributed by atoms with Crippen molar-refractivity contribution in [2.75, 3.05) is 38.3 Å². The van der Waals surface area contributed by atoms with Crippen LogP contribution in [0.1, 0.15) is 31.2 Å². The van der Waals surface area contributed by atoms with Crippen molar-refractivity contribution in [3.8, 4) is 0 Å². The van der Waals surface area contributed by atoms with Gasteiger partial charge in [-0.1, -0.05) is 18.6 Å². The Bertz CT molecular complexity index is 554. The zero-order valence-corrected chi connectivity index (χ0v) is 14.3. The van der Waals surface area contributed by atoms with E-state index in [1.807, 2.05) is 0 Å². The number of methoxy groups -OCH3 is 1. The van der Waals surface area contributed by atoms with E-state index in [4.69, 9.17) is 4.74 Å². The number of anilines is 1. The van der Waals surface area contributed by atoms with E-state index in [1.54, 1.807) is 7.11 Å². The molecule has 0 spiro atoms. The molecule has 0 bridgehead atoms. The highest BCUT2D eigenvalue weighted by Crippen LogP contribution is 2.41. The SMILES string of the molecule is COCC1(C(=O)NC[C@@H]2CCN(c3cccc(C)c3)C2)CCC1. The lowest BCUT2D eigenvalue weighted by atomic mass is 9.68. The van der Waals surface area contributed by atoms with E-state index in [1.165, 1.54) is 11.3 Å². The summed E-state index contributed by atoms with van der Waals surface area (Å²) < 4.78 is 5.26. The molecule has 1 N–H and O–H groups in total. The lowest BCUT2D eigenvalue weighted by molar-refractivity contribution is -0.140. The number of carbonyl (C=O) groups is 1. The van der Waals surface area contributed by atoms with Gasteiger partial charge < -0.3 is 15.0 Å². The lowest BCUT2D eigenvalue weighted by Crippen LogP contribution is -2.49. The van der Waals surface area contributed by atoms with Gasteiger partial charge in [-0.25, -0.2) is 0 Å². The van der Waals surface area contributed by atoms with Gasteiger partial charge in [0.05, 0.1) is 12.0 Å². The molecule has 2 aliphatic rings. The molecule has 2 fully saturated rings. The third-order valence-electron chi connectivity index (χ3n) is 5.42. The Balaban J connectivity index is 1.49. The quantitative estimate of drug-likeness (QED) is 0.877. The first kappa shape index (κ1) is 16.3. The average molecular weight is 316 g/mol. The Kier molecular flexibility index (Phi) is 4.90. The maximum Gasteiger partial charge on any atom is 0.228 e. The highest BCUT2D eigenvalue weighted by atomic mass is 16.5. The van der Waals surface area contributed by atoms with Crippen LogP contribution >= 0.6 is 0 Å². The van der Waals surface area contributed by atoms with E-state index < -0.39 is 0 Å². The van der Waals surface area contributed by atoms with Crippen LogP contribution in [0, 0.1) is 18.3 Å². The van der Waals surface area contributed by atoms with Crippen LogP contribution in [-0.4, -0.2) is 39.3 Å². The maximum absolute atomic E-state index is 12.5. The Hall–Kier alpha value is -1.55. The van der Waals surface area contributed by atoms with E-state index in [0.29, 0.717) is 12.5 Å². The molecule has 3 rings (SSSR count). The Labute approximate surface area is 139 Å². The van der Waals surface area contributed by atoms with Crippen molar-refractivity contribution in [3.63, 3.8) is 0 Å². The summed E-state index contributed by atoms with van der Waals surface area (Å²) in [6.07, 6.45) is 4.21. The minimum Gasteiger partial charge on any atom is -0.384 e. The third kappa shape index (κ3) is 3.52. The number of nitrogens with one attached hydrogen (secondary N) is 1. The summed E-state index contributed by atoms with van der Waals surface area (Å²) in [5.41, 5.74) is 2.35. The molecule has 4 nitrogen and oxygen atoms in total. The third-order valence-corrected chi connectivity index (χ3v) is 5.42. The highest BCUT2D eigenvalue weighted by molar-refractivity contribution is 5.83. The second-order valence-corrected chi connectivity index (χ2v) is 7.22. The number of aryl methyl sites for hydroxylation is 1. The molecular weight excluding hydrogens is 288 g/mol. The van der Waals surface area contributed by atoms with Crippen LogP contribution in [0.5, 0.6) is 0 Å². The first-order valence-electron chi connectivity index (χ1n) is 8.72. The van der Waals surface area contributed by atoms with Gasteiger partial charge in [0.2, 0.25) is 5.91 Å². The van der Waals surface area contributed by atoms with Crippen molar-refractivity contribution >= 4 is 11.6 Å². The molecule has 1 amide bonds. The van der Waals surface area contributed by atoms with Gasteiger partial charge in [0, 0.05) is 32.4 Å². The van der Waals surface area contributed by atoms with E-state index in [2.05, 4.69) is 41.4 Å². The molecule has 0 aromatic heterocycles. The van der Waals surface area contributed by atoms with E-state index in [0.717, 1.165) is 45.3 Å². The fraction of sp³-hybridized carbons (Fsp3) is 0.632. The first-order valence-corrected chi connectivity index (χ1v) is 8.72. The second-order valence-electron chi connectivity index (χ2n) is 7.22. The van der Waals surface area contributed by atoms with Crippen LogP contribution in [0.3, 0.4) is 0 Å². The molecule has 0 unspecified atom stereocenters. The van der Waals surface area contributed by atoms with Gasteiger partial charge in [-0.15, -0.1) is 0 Å². The molecule has 1 aliphatic heterocycles. The fourth-order valence-electron chi connectivity index (χ4n) is 3.80. The molecule has 1 saturated carbocycles. The molecule has 126 valence electrons. The lowest BCUT2D eigenvalue weighted by Gasteiger charge is -2.39.